The van der Waals surface area contributed by atoms with Crippen LogP contribution in [0.2, 0.25) is 0 Å². The van der Waals surface area contributed by atoms with E-state index in [0.717, 1.165) is 17.0 Å². The largest absolute Gasteiger partial charge is 0.312 e. The van der Waals surface area contributed by atoms with Crippen LogP contribution in [0.1, 0.15) is 45.1 Å². The van der Waals surface area contributed by atoms with Gasteiger partial charge in [0.1, 0.15) is 4.90 Å². The van der Waals surface area contributed by atoms with E-state index < -0.39 is 10.0 Å². The van der Waals surface area contributed by atoms with E-state index >= 15 is 0 Å². The first-order valence-electron chi connectivity index (χ1n) is 7.51. The summed E-state index contributed by atoms with van der Waals surface area (Å²) in [5.41, 5.74) is 0.849. The highest BCUT2D eigenvalue weighted by Gasteiger charge is 2.31. The van der Waals surface area contributed by atoms with E-state index in [1.54, 1.807) is 4.31 Å². The van der Waals surface area contributed by atoms with Gasteiger partial charge in [-0.15, -0.1) is 11.3 Å². The lowest BCUT2D eigenvalue weighted by Crippen LogP contribution is -2.40. The van der Waals surface area contributed by atoms with E-state index in [0.29, 0.717) is 23.9 Å². The van der Waals surface area contributed by atoms with Crippen LogP contribution in [0.15, 0.2) is 10.3 Å². The second kappa shape index (κ2) is 7.72. The third-order valence-corrected chi connectivity index (χ3v) is 6.72. The van der Waals surface area contributed by atoms with Crippen molar-refractivity contribution >= 4 is 21.4 Å². The minimum Gasteiger partial charge on any atom is -0.312 e. The van der Waals surface area contributed by atoms with Gasteiger partial charge in [0.05, 0.1) is 0 Å². The molecule has 0 spiro atoms. The molecule has 21 heavy (non-hydrogen) atoms. The highest BCUT2D eigenvalue weighted by molar-refractivity contribution is 7.89. The Morgan fingerprint density at radius 2 is 1.90 bits per heavy atom. The molecule has 0 atom stereocenters. The SMILES string of the molecule is CCNCc1scc(C)c1S(=O)(=O)N(CC(C)C)C(C)C. The average molecular weight is 333 g/mol. The summed E-state index contributed by atoms with van der Waals surface area (Å²) >= 11 is 1.52. The molecule has 1 heterocycles. The molecular weight excluding hydrogens is 304 g/mol. The number of nitrogens with one attached hydrogen (secondary N) is 1. The molecule has 1 aromatic heterocycles. The third-order valence-electron chi connectivity index (χ3n) is 3.21. The fraction of sp³-hybridized carbons (Fsp3) is 0.733. The van der Waals surface area contributed by atoms with Gasteiger partial charge < -0.3 is 5.32 Å². The Bertz CT molecular complexity index is 548. The predicted octanol–water partition coefficient (Wildman–Crippen LogP) is 3.22. The number of aryl methyl sites for hydroxylation is 1. The lowest BCUT2D eigenvalue weighted by molar-refractivity contribution is 0.318. The first-order chi connectivity index (χ1) is 9.71. The van der Waals surface area contributed by atoms with Gasteiger partial charge in [0.25, 0.3) is 0 Å². The van der Waals surface area contributed by atoms with Crippen LogP contribution >= 0.6 is 11.3 Å². The molecule has 122 valence electrons. The van der Waals surface area contributed by atoms with Gasteiger partial charge in [0, 0.05) is 24.0 Å². The molecule has 0 aliphatic heterocycles. The summed E-state index contributed by atoms with van der Waals surface area (Å²) in [6.07, 6.45) is 0. The number of nitrogens with zero attached hydrogens (tertiary/aromatic N) is 1. The fourth-order valence-electron chi connectivity index (χ4n) is 2.26. The molecule has 0 radical (unpaired) electrons. The summed E-state index contributed by atoms with van der Waals surface area (Å²) in [4.78, 5) is 1.41. The second-order valence-corrected chi connectivity index (χ2v) is 8.81. The topological polar surface area (TPSA) is 49.4 Å². The number of rotatable bonds is 8. The van der Waals surface area contributed by atoms with E-state index in [2.05, 4.69) is 5.32 Å². The zero-order valence-electron chi connectivity index (χ0n) is 13.9. The quantitative estimate of drug-likeness (QED) is 0.795. The highest BCUT2D eigenvalue weighted by atomic mass is 32.2. The second-order valence-electron chi connectivity index (χ2n) is 6.01. The maximum Gasteiger partial charge on any atom is 0.244 e. The molecule has 0 aromatic carbocycles. The van der Waals surface area contributed by atoms with E-state index in [9.17, 15) is 8.42 Å². The maximum absolute atomic E-state index is 13.1. The van der Waals surface area contributed by atoms with Crippen molar-refractivity contribution in [1.82, 2.24) is 9.62 Å². The predicted molar refractivity (Wildman–Crippen MR) is 90.3 cm³/mol. The van der Waals surface area contributed by atoms with Crippen LogP contribution in [0.3, 0.4) is 0 Å². The van der Waals surface area contributed by atoms with Crippen LogP contribution in [0.4, 0.5) is 0 Å². The summed E-state index contributed by atoms with van der Waals surface area (Å²) in [6.45, 7) is 13.9. The molecule has 0 aliphatic carbocycles. The van der Waals surface area contributed by atoms with Crippen LogP contribution < -0.4 is 5.32 Å². The Balaban J connectivity index is 3.24. The molecule has 4 nitrogen and oxygen atoms in total. The van der Waals surface area contributed by atoms with Gasteiger partial charge >= 0.3 is 0 Å². The smallest absolute Gasteiger partial charge is 0.244 e. The van der Waals surface area contributed by atoms with Crippen molar-refractivity contribution in [1.29, 1.82) is 0 Å². The summed E-state index contributed by atoms with van der Waals surface area (Å²) < 4.78 is 27.8. The van der Waals surface area contributed by atoms with E-state index in [1.165, 1.54) is 11.3 Å². The fourth-order valence-corrected chi connectivity index (χ4v) is 5.79. The van der Waals surface area contributed by atoms with Crippen molar-refractivity contribution in [3.05, 3.63) is 15.8 Å². The summed E-state index contributed by atoms with van der Waals surface area (Å²) in [6, 6.07) is -0.0383. The molecule has 0 amide bonds. The molecule has 6 heteroatoms. The molecular formula is C15H28N2O2S2. The first-order valence-corrected chi connectivity index (χ1v) is 9.83. The Hall–Kier alpha value is -0.430. The van der Waals surface area contributed by atoms with Gasteiger partial charge in [0.15, 0.2) is 0 Å². The van der Waals surface area contributed by atoms with Gasteiger partial charge in [-0.25, -0.2) is 8.42 Å². The van der Waals surface area contributed by atoms with Crippen molar-refractivity contribution in [2.75, 3.05) is 13.1 Å². The first kappa shape index (κ1) is 18.6. The van der Waals surface area contributed by atoms with Crippen LogP contribution in [-0.2, 0) is 16.6 Å². The number of sulfonamides is 1. The van der Waals surface area contributed by atoms with Crippen molar-refractivity contribution in [3.63, 3.8) is 0 Å². The van der Waals surface area contributed by atoms with Crippen LogP contribution in [-0.4, -0.2) is 31.9 Å². The molecule has 0 aliphatic rings. The van der Waals surface area contributed by atoms with Crippen LogP contribution in [0.5, 0.6) is 0 Å². The molecule has 0 saturated carbocycles. The standard InChI is InChI=1S/C15H28N2O2S2/c1-7-16-8-14-15(13(6)10-20-14)21(18,19)17(12(4)5)9-11(2)3/h10-12,16H,7-9H2,1-6H3. The summed E-state index contributed by atoms with van der Waals surface area (Å²) in [7, 11) is -3.44. The Morgan fingerprint density at radius 1 is 1.29 bits per heavy atom. The Labute approximate surface area is 133 Å². The van der Waals surface area contributed by atoms with Gasteiger partial charge in [-0.3, -0.25) is 0 Å². The van der Waals surface area contributed by atoms with Gasteiger partial charge in [-0.2, -0.15) is 4.31 Å². The van der Waals surface area contributed by atoms with Gasteiger partial charge in [-0.1, -0.05) is 20.8 Å². The van der Waals surface area contributed by atoms with Crippen molar-refractivity contribution in [2.24, 2.45) is 5.92 Å². The molecule has 0 unspecified atom stereocenters. The third kappa shape index (κ3) is 4.52. The monoisotopic (exact) mass is 332 g/mol. The highest BCUT2D eigenvalue weighted by Crippen LogP contribution is 2.30. The van der Waals surface area contributed by atoms with Crippen LogP contribution in [0.25, 0.3) is 0 Å². The Kier molecular flexibility index (Phi) is 6.84. The van der Waals surface area contributed by atoms with Gasteiger partial charge in [-0.05, 0) is 44.2 Å². The summed E-state index contributed by atoms with van der Waals surface area (Å²) in [5.74, 6) is 0.304. The molecule has 0 bridgehead atoms. The number of hydrogen-bond acceptors (Lipinski definition) is 4. The van der Waals surface area contributed by atoms with E-state index in [1.807, 2.05) is 46.9 Å². The Morgan fingerprint density at radius 3 is 2.38 bits per heavy atom. The lowest BCUT2D eigenvalue weighted by atomic mass is 10.2. The molecule has 0 saturated heterocycles. The molecule has 1 N–H and O–H groups in total. The average Bonchev–Trinajstić information content (AvgIpc) is 2.74. The minimum absolute atomic E-state index is 0.0383. The zero-order chi connectivity index (χ0) is 16.2. The zero-order valence-corrected chi connectivity index (χ0v) is 15.6. The normalized spacial score (nSPS) is 12.8. The van der Waals surface area contributed by atoms with Crippen molar-refractivity contribution in [2.45, 2.75) is 59.0 Å². The number of hydrogen-bond donors (Lipinski definition) is 1. The molecule has 1 aromatic rings. The van der Waals surface area contributed by atoms with Crippen molar-refractivity contribution in [3.8, 4) is 0 Å². The van der Waals surface area contributed by atoms with Crippen molar-refractivity contribution < 1.29 is 8.42 Å². The van der Waals surface area contributed by atoms with E-state index in [4.69, 9.17) is 0 Å². The lowest BCUT2D eigenvalue weighted by Gasteiger charge is -2.28. The summed E-state index contributed by atoms with van der Waals surface area (Å²) in [5, 5.41) is 5.16. The van der Waals surface area contributed by atoms with E-state index in [-0.39, 0.29) is 6.04 Å². The maximum atomic E-state index is 13.1. The number of thiophene rings is 1. The molecule has 1 rings (SSSR count). The van der Waals surface area contributed by atoms with Gasteiger partial charge in [0.2, 0.25) is 10.0 Å². The molecule has 0 fully saturated rings. The minimum atomic E-state index is -3.44. The van der Waals surface area contributed by atoms with Crippen LogP contribution in [0, 0.1) is 12.8 Å².